The number of fused-ring (bicyclic) bond motifs is 2. The number of rotatable bonds is 5. The monoisotopic (exact) mass is 384 g/mol. The van der Waals surface area contributed by atoms with E-state index in [9.17, 15) is 14.1 Å². The Bertz CT molecular complexity index is 821. The Labute approximate surface area is 162 Å². The van der Waals surface area contributed by atoms with Crippen LogP contribution < -0.4 is 4.90 Å². The van der Waals surface area contributed by atoms with Crippen molar-refractivity contribution in [3.8, 4) is 0 Å². The van der Waals surface area contributed by atoms with Crippen molar-refractivity contribution >= 4 is 28.1 Å². The smallest absolute Gasteiger partial charge is 0.307 e. The fourth-order valence-corrected chi connectivity index (χ4v) is 5.45. The number of hydrogen-bond donors (Lipinski definition) is 1. The second-order valence-corrected chi connectivity index (χ2v) is 8.60. The number of carbonyl (C=O) groups is 1. The number of benzene rings is 2. The third-order valence-electron chi connectivity index (χ3n) is 5.42. The van der Waals surface area contributed by atoms with Crippen LogP contribution in [0, 0.1) is 5.92 Å². The van der Waals surface area contributed by atoms with E-state index >= 15 is 0 Å². The average Bonchev–Trinajstić information content (AvgIpc) is 2.71. The lowest BCUT2D eigenvalue weighted by Crippen LogP contribution is -2.40. The SMILES string of the molecule is O=C(O)C1CCCN(CCCN2c3ccccc3S(=O)c3ccccc32)C1. The number of nitrogens with zero attached hydrogens (tertiary/aromatic N) is 2. The molecule has 0 saturated carbocycles. The zero-order valence-electron chi connectivity index (χ0n) is 15.2. The Morgan fingerprint density at radius 2 is 1.67 bits per heavy atom. The summed E-state index contributed by atoms with van der Waals surface area (Å²) in [5.74, 6) is -0.918. The predicted octanol–water partition coefficient (Wildman–Crippen LogP) is 3.49. The maximum atomic E-state index is 12.9. The molecule has 0 aliphatic carbocycles. The van der Waals surface area contributed by atoms with Gasteiger partial charge in [0.05, 0.1) is 37.9 Å². The number of hydrogen-bond acceptors (Lipinski definition) is 4. The van der Waals surface area contributed by atoms with Gasteiger partial charge in [-0.2, -0.15) is 0 Å². The normalized spacial score (nSPS) is 20.1. The summed E-state index contributed by atoms with van der Waals surface area (Å²) >= 11 is 0. The molecule has 1 fully saturated rings. The van der Waals surface area contributed by atoms with Crippen molar-refractivity contribution in [3.63, 3.8) is 0 Å². The molecular weight excluding hydrogens is 360 g/mol. The van der Waals surface area contributed by atoms with Crippen LogP contribution in [0.1, 0.15) is 19.3 Å². The molecule has 2 heterocycles. The van der Waals surface area contributed by atoms with Crippen LogP contribution in [0.25, 0.3) is 0 Å². The summed E-state index contributed by atoms with van der Waals surface area (Å²) in [6.07, 6.45) is 2.66. The summed E-state index contributed by atoms with van der Waals surface area (Å²) in [7, 11) is -1.15. The van der Waals surface area contributed by atoms with E-state index in [1.807, 2.05) is 48.5 Å². The molecule has 0 radical (unpaired) electrons. The van der Waals surface area contributed by atoms with Gasteiger partial charge in [-0.25, -0.2) is 4.21 Å². The first-order valence-corrected chi connectivity index (χ1v) is 10.6. The molecule has 2 aliphatic rings. The van der Waals surface area contributed by atoms with E-state index in [1.54, 1.807) is 0 Å². The van der Waals surface area contributed by atoms with Crippen LogP contribution >= 0.6 is 0 Å². The van der Waals surface area contributed by atoms with Gasteiger partial charge in [0.2, 0.25) is 0 Å². The van der Waals surface area contributed by atoms with Crippen molar-refractivity contribution in [2.45, 2.75) is 29.1 Å². The molecule has 1 saturated heterocycles. The highest BCUT2D eigenvalue weighted by molar-refractivity contribution is 7.85. The minimum atomic E-state index is -1.15. The lowest BCUT2D eigenvalue weighted by molar-refractivity contribution is -0.143. The first kappa shape index (κ1) is 18.2. The average molecular weight is 385 g/mol. The molecule has 142 valence electrons. The summed E-state index contributed by atoms with van der Waals surface area (Å²) < 4.78 is 12.9. The molecule has 1 N–H and O–H groups in total. The van der Waals surface area contributed by atoms with Crippen LogP contribution in [0.3, 0.4) is 0 Å². The summed E-state index contributed by atoms with van der Waals surface area (Å²) in [6, 6.07) is 15.8. The number of carboxylic acid groups (broad SMARTS) is 1. The largest absolute Gasteiger partial charge is 0.481 e. The van der Waals surface area contributed by atoms with Crippen molar-refractivity contribution in [3.05, 3.63) is 48.5 Å². The van der Waals surface area contributed by atoms with Gasteiger partial charge in [0.15, 0.2) is 0 Å². The molecule has 1 unspecified atom stereocenters. The van der Waals surface area contributed by atoms with Gasteiger partial charge in [-0.1, -0.05) is 24.3 Å². The maximum absolute atomic E-state index is 12.9. The fraction of sp³-hybridized carbons (Fsp3) is 0.381. The molecule has 6 heteroatoms. The summed E-state index contributed by atoms with van der Waals surface area (Å²) in [6.45, 7) is 3.32. The topological polar surface area (TPSA) is 60.9 Å². The van der Waals surface area contributed by atoms with Crippen LogP contribution in [0.5, 0.6) is 0 Å². The third-order valence-corrected chi connectivity index (χ3v) is 6.91. The van der Waals surface area contributed by atoms with E-state index in [2.05, 4.69) is 9.80 Å². The molecule has 2 aromatic rings. The molecule has 0 aromatic heterocycles. The van der Waals surface area contributed by atoms with Crippen LogP contribution in [-0.4, -0.2) is 46.4 Å². The van der Waals surface area contributed by atoms with Crippen LogP contribution in [-0.2, 0) is 15.6 Å². The highest BCUT2D eigenvalue weighted by atomic mass is 32.2. The number of piperidine rings is 1. The molecule has 27 heavy (non-hydrogen) atoms. The lowest BCUT2D eigenvalue weighted by Gasteiger charge is -2.34. The van der Waals surface area contributed by atoms with E-state index in [0.717, 1.165) is 60.1 Å². The van der Waals surface area contributed by atoms with Crippen molar-refractivity contribution in [2.75, 3.05) is 31.1 Å². The van der Waals surface area contributed by atoms with Gasteiger partial charge in [0.1, 0.15) is 0 Å². The van der Waals surface area contributed by atoms with Gasteiger partial charge < -0.3 is 14.9 Å². The van der Waals surface area contributed by atoms with Gasteiger partial charge in [0, 0.05) is 13.1 Å². The zero-order chi connectivity index (χ0) is 18.8. The number of likely N-dealkylation sites (tertiary alicyclic amines) is 1. The van der Waals surface area contributed by atoms with E-state index in [4.69, 9.17) is 0 Å². The zero-order valence-corrected chi connectivity index (χ0v) is 16.0. The molecule has 4 rings (SSSR count). The van der Waals surface area contributed by atoms with Gasteiger partial charge >= 0.3 is 5.97 Å². The lowest BCUT2D eigenvalue weighted by atomic mass is 9.98. The molecule has 0 bridgehead atoms. The summed E-state index contributed by atoms with van der Waals surface area (Å²) in [5.41, 5.74) is 2.02. The Morgan fingerprint density at radius 3 is 2.30 bits per heavy atom. The van der Waals surface area contributed by atoms with Crippen molar-refractivity contribution < 1.29 is 14.1 Å². The minimum absolute atomic E-state index is 0.238. The molecule has 5 nitrogen and oxygen atoms in total. The Morgan fingerprint density at radius 1 is 1.04 bits per heavy atom. The third kappa shape index (κ3) is 3.64. The first-order chi connectivity index (χ1) is 13.1. The van der Waals surface area contributed by atoms with Crippen LogP contribution in [0.4, 0.5) is 11.4 Å². The Balaban J connectivity index is 1.49. The predicted molar refractivity (Wildman–Crippen MR) is 106 cm³/mol. The standard InChI is InChI=1S/C21H24N2O3S/c24-21(25)16-7-5-12-22(15-16)13-6-14-23-17-8-1-3-10-19(17)27(26)20-11-4-2-9-18(20)23/h1-4,8-11,16H,5-7,12-15H2,(H,24,25). The Hall–Kier alpha value is -2.18. The summed E-state index contributed by atoms with van der Waals surface area (Å²) in [5, 5.41) is 9.26. The van der Waals surface area contributed by atoms with Gasteiger partial charge in [-0.05, 0) is 56.6 Å². The maximum Gasteiger partial charge on any atom is 0.307 e. The van der Waals surface area contributed by atoms with E-state index in [1.165, 1.54) is 0 Å². The second kappa shape index (κ2) is 7.82. The van der Waals surface area contributed by atoms with Gasteiger partial charge in [-0.3, -0.25) is 4.79 Å². The number of para-hydroxylation sites is 2. The number of carboxylic acids is 1. The van der Waals surface area contributed by atoms with Crippen LogP contribution in [0.15, 0.2) is 58.3 Å². The van der Waals surface area contributed by atoms with Crippen LogP contribution in [0.2, 0.25) is 0 Å². The highest BCUT2D eigenvalue weighted by Gasteiger charge is 2.28. The quantitative estimate of drug-likeness (QED) is 0.855. The van der Waals surface area contributed by atoms with Crippen molar-refractivity contribution in [1.29, 1.82) is 0 Å². The van der Waals surface area contributed by atoms with Crippen molar-refractivity contribution in [2.24, 2.45) is 5.92 Å². The number of anilines is 2. The molecule has 0 amide bonds. The molecule has 1 atom stereocenters. The first-order valence-electron chi connectivity index (χ1n) is 9.47. The molecular formula is C21H24N2O3S. The molecule has 2 aliphatic heterocycles. The van der Waals surface area contributed by atoms with E-state index < -0.39 is 16.8 Å². The van der Waals surface area contributed by atoms with Gasteiger partial charge in [0.25, 0.3) is 0 Å². The summed E-state index contributed by atoms with van der Waals surface area (Å²) in [4.78, 5) is 17.5. The minimum Gasteiger partial charge on any atom is -0.481 e. The molecule has 0 spiro atoms. The second-order valence-electron chi connectivity index (χ2n) is 7.19. The van der Waals surface area contributed by atoms with Gasteiger partial charge in [-0.15, -0.1) is 0 Å². The van der Waals surface area contributed by atoms with E-state index in [0.29, 0.717) is 6.54 Å². The van der Waals surface area contributed by atoms with Crippen molar-refractivity contribution in [1.82, 2.24) is 4.90 Å². The number of aliphatic carboxylic acids is 1. The molecule has 2 aromatic carbocycles. The Kier molecular flexibility index (Phi) is 5.27. The van der Waals surface area contributed by atoms with E-state index in [-0.39, 0.29) is 5.92 Å². The highest BCUT2D eigenvalue weighted by Crippen LogP contribution is 2.41. The fourth-order valence-electron chi connectivity index (χ4n) is 4.08.